The third kappa shape index (κ3) is 21.0. The van der Waals surface area contributed by atoms with Crippen molar-refractivity contribution in [2.75, 3.05) is 70.0 Å². The van der Waals surface area contributed by atoms with Crippen LogP contribution in [0, 0.1) is 0 Å². The van der Waals surface area contributed by atoms with Crippen molar-refractivity contribution in [2.24, 2.45) is 0 Å². The van der Waals surface area contributed by atoms with Gasteiger partial charge in [0.15, 0.2) is 22.7 Å². The summed E-state index contributed by atoms with van der Waals surface area (Å²) in [4.78, 5) is 190. The fraction of sp³-hybridized carbons (Fsp3) is 0.292. The second kappa shape index (κ2) is 39.6. The Hall–Kier alpha value is -15.7. The number of ether oxygens (including phenoxy) is 4. The summed E-state index contributed by atoms with van der Waals surface area (Å²) >= 11 is 29.0. The summed E-state index contributed by atoms with van der Waals surface area (Å²) in [6.07, 6.45) is 2.64. The monoisotopic (exact) mass is 2120 g/mol. The molecule has 4 aromatic carbocycles. The predicted octanol–water partition coefficient (Wildman–Crippen LogP) is 11.8. The standard InChI is InChI=1S/C29H32ClN7O6.C20H19BrClN3O4.2C19H16ClN7O2.C9H14N4O2/c1-27(2,3)42-25(40)34-21-12-20(31-15-32-21)33-19-11-18(30)22-23(38)35-29(37(22)24(19)39)14-36(26(41)43-28(4,5)6)13-16-9-7-8-10-17(16)29;1-19(2,3)29-18(28)24-9-11-6-4-5-7-12(11)20(10-24)23-16(26)15-14(22)8-13(21)17(27)25(15)20;2*20-12-5-13(25-15-6-14(21)23-9-24-15)18(29)27-16(12)17(28)26-19(27)8-22-7-10-3-1-2-4-11(10)19;1-9(2,3)15-8(14)13-7-4-6(10)11-5-12-7/h7-12,15H,13-14H2,1-6H3,(H,35,38)(H2,31,32,33,34,40);4-8H,9-10H2,1-3H3,(H,23,26);2*1-6,9,22H,7-8H2,(H,26,28)(H3,21,23,24,25);4-5H,1-3H3,(H3,10,11,12,13,14). The fourth-order valence-corrected chi connectivity index (χ4v) is 19.4. The van der Waals surface area contributed by atoms with Crippen LogP contribution in [-0.2, 0) is 67.8 Å². The first kappa shape index (κ1) is 102. The molecular formula is C96H97BrCl4N28O16. The van der Waals surface area contributed by atoms with Crippen LogP contribution in [0.4, 0.5) is 82.8 Å². The summed E-state index contributed by atoms with van der Waals surface area (Å²) in [5, 5.41) is 32.6. The van der Waals surface area contributed by atoms with Crippen LogP contribution in [0.15, 0.2) is 195 Å². The lowest BCUT2D eigenvalue weighted by atomic mass is 9.89. The second-order valence-corrected chi connectivity index (χ2v) is 40.7. The fourth-order valence-electron chi connectivity index (χ4n) is 17.7. The number of nitrogens with one attached hydrogen (secondary N) is 11. The summed E-state index contributed by atoms with van der Waals surface area (Å²) in [6.45, 7) is 23.6. The summed E-state index contributed by atoms with van der Waals surface area (Å²) < 4.78 is 27.2. The van der Waals surface area contributed by atoms with Crippen LogP contribution in [0.3, 0.4) is 0 Å². The third-order valence-electron chi connectivity index (χ3n) is 23.1. The van der Waals surface area contributed by atoms with E-state index in [2.05, 4.69) is 114 Å². The number of rotatable bonds is 8. The van der Waals surface area contributed by atoms with Gasteiger partial charge in [-0.05, 0) is 146 Å². The number of benzene rings is 4. The topological polar surface area (TPSA) is 581 Å². The number of carbonyl (C=O) groups is 8. The number of carbonyl (C=O) groups excluding carboxylic acids is 8. The molecule has 49 heteroatoms. The van der Waals surface area contributed by atoms with Crippen molar-refractivity contribution < 1.29 is 57.3 Å². The van der Waals surface area contributed by atoms with E-state index in [1.807, 2.05) is 84.9 Å². The first-order valence-corrected chi connectivity index (χ1v) is 47.1. The zero-order valence-electron chi connectivity index (χ0n) is 79.7. The maximum absolute atomic E-state index is 14.2. The minimum absolute atomic E-state index is 0.00147. The quantitative estimate of drug-likeness (QED) is 0.0628. The van der Waals surface area contributed by atoms with Crippen LogP contribution in [0.1, 0.15) is 170 Å². The molecule has 0 saturated heterocycles. The van der Waals surface area contributed by atoms with Gasteiger partial charge in [0, 0.05) is 85.8 Å². The molecule has 145 heavy (non-hydrogen) atoms. The summed E-state index contributed by atoms with van der Waals surface area (Å²) in [7, 11) is 0. The van der Waals surface area contributed by atoms with Crippen molar-refractivity contribution >= 4 is 174 Å². The number of fused-ring (bicyclic) bond motifs is 16. The summed E-state index contributed by atoms with van der Waals surface area (Å²) in [5.41, 5.74) is 14.7. The van der Waals surface area contributed by atoms with Crippen molar-refractivity contribution in [3.05, 3.63) is 304 Å². The molecule has 752 valence electrons. The van der Waals surface area contributed by atoms with Gasteiger partial charge in [0.25, 0.3) is 45.9 Å². The van der Waals surface area contributed by atoms with Crippen molar-refractivity contribution in [1.82, 2.24) is 99.8 Å². The Morgan fingerprint density at radius 3 is 0.979 bits per heavy atom. The molecule has 8 aromatic heterocycles. The van der Waals surface area contributed by atoms with E-state index >= 15 is 0 Å². The number of anilines is 11. The Labute approximate surface area is 854 Å². The van der Waals surface area contributed by atoms with Gasteiger partial charge < -0.3 is 84.0 Å². The highest BCUT2D eigenvalue weighted by Crippen LogP contribution is 2.45. The molecule has 8 aliphatic heterocycles. The van der Waals surface area contributed by atoms with Crippen molar-refractivity contribution in [1.29, 1.82) is 0 Å². The Morgan fingerprint density at radius 2 is 0.634 bits per heavy atom. The van der Waals surface area contributed by atoms with Gasteiger partial charge in [0.1, 0.15) is 134 Å². The molecule has 4 atom stereocenters. The third-order valence-corrected chi connectivity index (χ3v) is 24.9. The molecule has 12 aromatic rings. The number of nitrogen functional groups attached to an aromatic ring is 3. The highest BCUT2D eigenvalue weighted by Gasteiger charge is 2.56. The smallest absolute Gasteiger partial charge is 0.413 e. The first-order valence-electron chi connectivity index (χ1n) is 44.8. The number of amides is 8. The van der Waals surface area contributed by atoms with E-state index in [0.717, 1.165) is 38.9 Å². The Bertz CT molecular complexity index is 7380. The molecular weight excluding hydrogens is 2020 g/mol. The lowest BCUT2D eigenvalue weighted by molar-refractivity contribution is 0.0116. The maximum atomic E-state index is 14.2. The molecule has 0 bridgehead atoms. The van der Waals surface area contributed by atoms with Crippen LogP contribution in [0.5, 0.6) is 0 Å². The van der Waals surface area contributed by atoms with Gasteiger partial charge in [-0.25, -0.2) is 59.0 Å². The lowest BCUT2D eigenvalue weighted by Gasteiger charge is -2.42. The van der Waals surface area contributed by atoms with Gasteiger partial charge in [-0.1, -0.05) is 143 Å². The van der Waals surface area contributed by atoms with Crippen LogP contribution >= 0.6 is 62.3 Å². The first-order chi connectivity index (χ1) is 68.4. The number of halogens is 5. The number of hydrogen-bond donors (Lipinski definition) is 14. The minimum Gasteiger partial charge on any atom is -0.444 e. The van der Waals surface area contributed by atoms with E-state index in [1.165, 1.54) is 102 Å². The highest BCUT2D eigenvalue weighted by molar-refractivity contribution is 9.10. The minimum atomic E-state index is -1.47. The molecule has 44 nitrogen and oxygen atoms in total. The van der Waals surface area contributed by atoms with E-state index in [0.29, 0.717) is 55.7 Å². The Kier molecular flexibility index (Phi) is 27.9. The molecule has 8 amide bonds. The van der Waals surface area contributed by atoms with Gasteiger partial charge in [-0.3, -0.25) is 77.1 Å². The zero-order valence-corrected chi connectivity index (χ0v) is 84.3. The van der Waals surface area contributed by atoms with Gasteiger partial charge in [-0.15, -0.1) is 0 Å². The Balaban J connectivity index is 0.000000134. The van der Waals surface area contributed by atoms with E-state index in [9.17, 15) is 57.5 Å². The number of pyridine rings is 4. The molecule has 0 radical (unpaired) electrons. The average molecular weight is 2120 g/mol. The van der Waals surface area contributed by atoms with Crippen LogP contribution in [0.25, 0.3) is 0 Å². The van der Waals surface area contributed by atoms with E-state index in [1.54, 1.807) is 95.2 Å². The van der Waals surface area contributed by atoms with E-state index < -0.39 is 115 Å². The largest absolute Gasteiger partial charge is 0.444 e. The van der Waals surface area contributed by atoms with Crippen LogP contribution in [-0.4, -0.2) is 165 Å². The lowest BCUT2D eigenvalue weighted by Crippen LogP contribution is -2.59. The van der Waals surface area contributed by atoms with E-state index in [-0.39, 0.29) is 113 Å². The molecule has 20 rings (SSSR count). The van der Waals surface area contributed by atoms with Crippen molar-refractivity contribution in [2.45, 2.75) is 154 Å². The van der Waals surface area contributed by atoms with Gasteiger partial charge in [-0.2, -0.15) is 0 Å². The average Bonchev–Trinajstić information content (AvgIpc) is 1.56. The van der Waals surface area contributed by atoms with Crippen LogP contribution in [0.2, 0.25) is 20.1 Å². The molecule has 0 aliphatic carbocycles. The molecule has 8 aliphatic rings. The molecule has 4 unspecified atom stereocenters. The van der Waals surface area contributed by atoms with Crippen molar-refractivity contribution in [3.8, 4) is 0 Å². The number of nitrogens with zero attached hydrogens (tertiary/aromatic N) is 14. The second-order valence-electron chi connectivity index (χ2n) is 38.2. The Morgan fingerprint density at radius 1 is 0.359 bits per heavy atom. The molecule has 4 spiro atoms. The zero-order chi connectivity index (χ0) is 104. The van der Waals surface area contributed by atoms with Gasteiger partial charge in [0.2, 0.25) is 0 Å². The highest BCUT2D eigenvalue weighted by atomic mass is 79.9. The van der Waals surface area contributed by atoms with Gasteiger partial charge in [0.05, 0.1) is 37.7 Å². The molecule has 16 heterocycles. The van der Waals surface area contributed by atoms with Crippen LogP contribution < -0.4 is 97.9 Å². The van der Waals surface area contributed by atoms with E-state index in [4.69, 9.17) is 82.6 Å². The maximum Gasteiger partial charge on any atom is 0.413 e. The predicted molar refractivity (Wildman–Crippen MR) is 542 cm³/mol. The summed E-state index contributed by atoms with van der Waals surface area (Å²) in [6, 6.07) is 41.4. The number of nitrogens with two attached hydrogens (primary N) is 3. The number of hydrogen-bond acceptors (Lipinski definition) is 32. The SMILES string of the molecule is CC(C)(C)OC(=O)N1Cc2ccccc2C2(C1)NC(=O)c1c(Cl)cc(Br)c(=O)n12.CC(C)(C)OC(=O)Nc1cc(N)ncn1.CC(C)(C)OC(=O)Nc1cc(Nc2cc(Cl)c3n(c2=O)C2(CN(C(=O)OC(C)(C)C)Cc4ccccc42)NC3=O)ncn1.Nc1cc(Nc2cc(Cl)c3n(c2=O)C2(CNCc4ccccc42)NC3=O)ncn1.Nc1cc(Nc2cc(Cl)c3n(c2=O)C2(CNCc4ccccc42)NC3=O)ncn1. The molecule has 17 N–H and O–H groups in total. The normalized spacial score (nSPS) is 18.2. The van der Waals surface area contributed by atoms with Gasteiger partial charge >= 0.3 is 24.4 Å². The molecule has 0 fully saturated rings. The molecule has 0 saturated carbocycles. The number of aromatic nitrogens is 12. The van der Waals surface area contributed by atoms with Crippen molar-refractivity contribution in [3.63, 3.8) is 0 Å². The summed E-state index contributed by atoms with van der Waals surface area (Å²) in [5.74, 6) is 0.268.